The molecule has 2 aliphatic carbocycles. The molecule has 0 bridgehead atoms. The highest BCUT2D eigenvalue weighted by Crippen LogP contribution is 2.42. The molecule has 2 rings (SSSR count). The van der Waals surface area contributed by atoms with Crippen molar-refractivity contribution in [3.05, 3.63) is 24.8 Å². The van der Waals surface area contributed by atoms with Crippen LogP contribution >= 0.6 is 0 Å². The van der Waals surface area contributed by atoms with Gasteiger partial charge in [-0.3, -0.25) is 0 Å². The van der Waals surface area contributed by atoms with Crippen LogP contribution in [0, 0.1) is 23.7 Å². The van der Waals surface area contributed by atoms with Crippen molar-refractivity contribution in [1.29, 1.82) is 0 Å². The Balaban J connectivity index is 1.67. The maximum atomic E-state index is 3.86. The molecular formula is C20H34. The lowest BCUT2D eigenvalue weighted by Crippen LogP contribution is -2.25. The first-order valence-electron chi connectivity index (χ1n) is 9.11. The summed E-state index contributed by atoms with van der Waals surface area (Å²) in [6.07, 6.45) is 22.7. The van der Waals surface area contributed by atoms with E-state index in [-0.39, 0.29) is 0 Å². The molecule has 114 valence electrons. The normalized spacial score (nSPS) is 35.2. The van der Waals surface area contributed by atoms with Crippen LogP contribution in [-0.2, 0) is 0 Å². The lowest BCUT2D eigenvalue weighted by molar-refractivity contribution is 0.153. The third-order valence-corrected chi connectivity index (χ3v) is 5.80. The zero-order valence-electron chi connectivity index (χ0n) is 13.5. The van der Waals surface area contributed by atoms with E-state index in [0.717, 1.165) is 23.7 Å². The maximum absolute atomic E-state index is 3.86. The highest BCUT2D eigenvalue weighted by Gasteiger charge is 2.29. The van der Waals surface area contributed by atoms with E-state index in [4.69, 9.17) is 0 Å². The van der Waals surface area contributed by atoms with Crippen molar-refractivity contribution in [3.63, 3.8) is 0 Å². The van der Waals surface area contributed by atoms with E-state index < -0.39 is 0 Å². The Morgan fingerprint density at radius 3 is 2.05 bits per heavy atom. The van der Waals surface area contributed by atoms with Crippen LogP contribution in [0.25, 0.3) is 0 Å². The maximum Gasteiger partial charge on any atom is -0.0233 e. The highest BCUT2D eigenvalue weighted by molar-refractivity contribution is 4.92. The molecule has 0 radical (unpaired) electrons. The van der Waals surface area contributed by atoms with Gasteiger partial charge in [-0.25, -0.2) is 0 Å². The number of rotatable bonds is 6. The molecular weight excluding hydrogens is 240 g/mol. The average Bonchev–Trinajstić information content (AvgIpc) is 2.52. The molecule has 0 saturated heterocycles. The summed E-state index contributed by atoms with van der Waals surface area (Å²) in [7, 11) is 0. The second-order valence-electron chi connectivity index (χ2n) is 7.16. The van der Waals surface area contributed by atoms with Gasteiger partial charge >= 0.3 is 0 Å². The van der Waals surface area contributed by atoms with E-state index in [0.29, 0.717) is 0 Å². The van der Waals surface area contributed by atoms with E-state index in [2.05, 4.69) is 31.7 Å². The van der Waals surface area contributed by atoms with Crippen LogP contribution < -0.4 is 0 Å². The summed E-state index contributed by atoms with van der Waals surface area (Å²) in [6.45, 7) is 6.10. The van der Waals surface area contributed by atoms with Crippen molar-refractivity contribution in [3.8, 4) is 0 Å². The van der Waals surface area contributed by atoms with E-state index in [1.54, 1.807) is 0 Å². The minimum atomic E-state index is 0.898. The van der Waals surface area contributed by atoms with Gasteiger partial charge in [0.05, 0.1) is 0 Å². The predicted molar refractivity (Wildman–Crippen MR) is 89.8 cm³/mol. The topological polar surface area (TPSA) is 0 Å². The largest absolute Gasteiger partial charge is 0.103 e. The molecule has 0 spiro atoms. The quantitative estimate of drug-likeness (QED) is 0.483. The summed E-state index contributed by atoms with van der Waals surface area (Å²) in [5, 5.41) is 0. The molecule has 20 heavy (non-hydrogen) atoms. The number of hydrogen-bond donors (Lipinski definition) is 0. The first kappa shape index (κ1) is 15.9. The van der Waals surface area contributed by atoms with Gasteiger partial charge in [-0.15, -0.1) is 6.58 Å². The summed E-state index contributed by atoms with van der Waals surface area (Å²) in [5.74, 6) is 4.02. The number of allylic oxidation sites excluding steroid dienone is 3. The SMILES string of the molecule is C=CCCC1CCC(C2CCC(C=CCC)CC2)CC1. The number of hydrogen-bond acceptors (Lipinski definition) is 0. The fourth-order valence-corrected chi connectivity index (χ4v) is 4.44. The zero-order valence-corrected chi connectivity index (χ0v) is 13.5. The van der Waals surface area contributed by atoms with Gasteiger partial charge in [0.25, 0.3) is 0 Å². The first-order valence-corrected chi connectivity index (χ1v) is 9.11. The van der Waals surface area contributed by atoms with Crippen molar-refractivity contribution in [2.24, 2.45) is 23.7 Å². The summed E-state index contributed by atoms with van der Waals surface area (Å²) in [5.41, 5.74) is 0. The Hall–Kier alpha value is -0.520. The Morgan fingerprint density at radius 2 is 1.50 bits per heavy atom. The molecule has 2 aliphatic rings. The van der Waals surface area contributed by atoms with Gasteiger partial charge in [0.2, 0.25) is 0 Å². The highest BCUT2D eigenvalue weighted by atomic mass is 14.3. The van der Waals surface area contributed by atoms with E-state index in [9.17, 15) is 0 Å². The third kappa shape index (κ3) is 4.79. The monoisotopic (exact) mass is 274 g/mol. The van der Waals surface area contributed by atoms with Crippen LogP contribution in [0.1, 0.15) is 77.6 Å². The summed E-state index contributed by atoms with van der Waals surface area (Å²) < 4.78 is 0. The van der Waals surface area contributed by atoms with Crippen molar-refractivity contribution in [2.45, 2.75) is 77.6 Å². The summed E-state index contributed by atoms with van der Waals surface area (Å²) in [6, 6.07) is 0. The van der Waals surface area contributed by atoms with Crippen LogP contribution in [0.2, 0.25) is 0 Å². The van der Waals surface area contributed by atoms with Gasteiger partial charge in [-0.1, -0.05) is 38.0 Å². The molecule has 2 saturated carbocycles. The van der Waals surface area contributed by atoms with Gasteiger partial charge in [-0.05, 0) is 81.5 Å². The van der Waals surface area contributed by atoms with Crippen LogP contribution in [0.4, 0.5) is 0 Å². The fraction of sp³-hybridized carbons (Fsp3) is 0.800. The minimum absolute atomic E-state index is 0.898. The minimum Gasteiger partial charge on any atom is -0.103 e. The van der Waals surface area contributed by atoms with Crippen LogP contribution in [-0.4, -0.2) is 0 Å². The van der Waals surface area contributed by atoms with Gasteiger partial charge in [0, 0.05) is 0 Å². The van der Waals surface area contributed by atoms with Crippen LogP contribution in [0.3, 0.4) is 0 Å². The molecule has 0 heterocycles. The van der Waals surface area contributed by atoms with Gasteiger partial charge < -0.3 is 0 Å². The van der Waals surface area contributed by atoms with E-state index in [1.807, 2.05) is 0 Å². The van der Waals surface area contributed by atoms with Crippen molar-refractivity contribution in [1.82, 2.24) is 0 Å². The molecule has 0 atom stereocenters. The van der Waals surface area contributed by atoms with E-state index >= 15 is 0 Å². The smallest absolute Gasteiger partial charge is 0.0233 e. The summed E-state index contributed by atoms with van der Waals surface area (Å²) >= 11 is 0. The van der Waals surface area contributed by atoms with Crippen molar-refractivity contribution < 1.29 is 0 Å². The van der Waals surface area contributed by atoms with E-state index in [1.165, 1.54) is 70.6 Å². The Labute approximate surface area is 126 Å². The standard InChI is InChI=1S/C20H34/c1-3-5-7-17-9-13-19(14-10-17)20-15-11-18(12-16-20)8-6-4-2/h3,6,8,17-20H,1,4-5,7,9-16H2,2H3. The van der Waals surface area contributed by atoms with Crippen molar-refractivity contribution in [2.75, 3.05) is 0 Å². The average molecular weight is 274 g/mol. The molecule has 0 aromatic carbocycles. The Bertz CT molecular complexity index is 285. The zero-order chi connectivity index (χ0) is 14.2. The molecule has 0 unspecified atom stereocenters. The predicted octanol–water partition coefficient (Wildman–Crippen LogP) is 6.53. The molecule has 0 amide bonds. The van der Waals surface area contributed by atoms with Crippen molar-refractivity contribution >= 4 is 0 Å². The Morgan fingerprint density at radius 1 is 0.900 bits per heavy atom. The Kier molecular flexibility index (Phi) is 6.90. The van der Waals surface area contributed by atoms with Crippen LogP contribution in [0.15, 0.2) is 24.8 Å². The molecule has 0 aromatic heterocycles. The van der Waals surface area contributed by atoms with Gasteiger partial charge in [-0.2, -0.15) is 0 Å². The molecule has 0 aliphatic heterocycles. The second-order valence-corrected chi connectivity index (χ2v) is 7.16. The third-order valence-electron chi connectivity index (χ3n) is 5.80. The molecule has 0 nitrogen and oxygen atoms in total. The fourth-order valence-electron chi connectivity index (χ4n) is 4.44. The molecule has 0 N–H and O–H groups in total. The summed E-state index contributed by atoms with van der Waals surface area (Å²) in [4.78, 5) is 0. The second kappa shape index (κ2) is 8.70. The lowest BCUT2D eigenvalue weighted by atomic mass is 9.68. The molecule has 0 aromatic rings. The van der Waals surface area contributed by atoms with Gasteiger partial charge in [0.15, 0.2) is 0 Å². The first-order chi connectivity index (χ1) is 9.83. The molecule has 2 fully saturated rings. The van der Waals surface area contributed by atoms with Crippen LogP contribution in [0.5, 0.6) is 0 Å². The van der Waals surface area contributed by atoms with Gasteiger partial charge in [0.1, 0.15) is 0 Å². The molecule has 0 heteroatoms. The lowest BCUT2D eigenvalue weighted by Gasteiger charge is -2.37.